The van der Waals surface area contributed by atoms with Crippen molar-refractivity contribution in [1.82, 2.24) is 9.97 Å². The average Bonchev–Trinajstić information content (AvgIpc) is 3.06. The maximum Gasteiger partial charge on any atom is 0.262 e. The number of nitrogens with one attached hydrogen (secondary N) is 2. The Balaban J connectivity index is 1.54. The fraction of sp³-hybridized carbons (Fsp3) is 0.171. The Hall–Kier alpha value is -5.48. The lowest BCUT2D eigenvalue weighted by molar-refractivity contribution is 0.102. The second kappa shape index (κ2) is 14.1. The Kier molecular flexibility index (Phi) is 9.78. The van der Waals surface area contributed by atoms with Gasteiger partial charge in [-0.15, -0.1) is 0 Å². The van der Waals surface area contributed by atoms with E-state index in [2.05, 4.69) is 20.6 Å². The molecule has 0 bridgehead atoms. The first-order valence-electron chi connectivity index (χ1n) is 14.2. The van der Waals surface area contributed by atoms with Crippen LogP contribution < -0.4 is 34.3 Å². The Morgan fingerprint density at radius 1 is 0.739 bits per heavy atom. The van der Waals surface area contributed by atoms with Gasteiger partial charge in [0.25, 0.3) is 5.91 Å². The number of amides is 1. The summed E-state index contributed by atoms with van der Waals surface area (Å²) in [4.78, 5) is 22.7. The highest BCUT2D eigenvalue weighted by atomic mass is 35.5. The maximum absolute atomic E-state index is 13.7. The molecule has 0 saturated carbocycles. The number of ether oxygens (including phenoxy) is 5. The summed E-state index contributed by atoms with van der Waals surface area (Å²) in [7, 11) is 6.12. The number of carbonyl (C=O) groups excluding carboxylic acids is 1. The molecular formula is C35H33ClN4O6. The molecule has 236 valence electrons. The molecule has 11 heteroatoms. The quantitative estimate of drug-likeness (QED) is 0.147. The number of aromatic nitrogens is 2. The Morgan fingerprint density at radius 2 is 1.37 bits per heavy atom. The number of carbonyl (C=O) groups is 1. The van der Waals surface area contributed by atoms with Crippen molar-refractivity contribution in [1.29, 1.82) is 0 Å². The lowest BCUT2D eigenvalue weighted by Gasteiger charge is -2.17. The molecule has 0 aliphatic rings. The van der Waals surface area contributed by atoms with Gasteiger partial charge in [0.1, 0.15) is 5.56 Å². The van der Waals surface area contributed by atoms with Crippen LogP contribution in [0.5, 0.6) is 34.6 Å². The molecular weight excluding hydrogens is 608 g/mol. The van der Waals surface area contributed by atoms with Gasteiger partial charge in [0, 0.05) is 34.7 Å². The van der Waals surface area contributed by atoms with Crippen LogP contribution in [0.2, 0.25) is 5.02 Å². The van der Waals surface area contributed by atoms with Crippen molar-refractivity contribution < 1.29 is 28.5 Å². The lowest BCUT2D eigenvalue weighted by Crippen LogP contribution is -2.16. The zero-order valence-corrected chi connectivity index (χ0v) is 27.0. The fourth-order valence-corrected chi connectivity index (χ4v) is 4.94. The van der Waals surface area contributed by atoms with E-state index in [4.69, 9.17) is 35.3 Å². The van der Waals surface area contributed by atoms with Crippen molar-refractivity contribution in [3.8, 4) is 45.8 Å². The van der Waals surface area contributed by atoms with E-state index >= 15 is 0 Å². The van der Waals surface area contributed by atoms with Gasteiger partial charge in [0.15, 0.2) is 23.0 Å². The molecule has 0 aliphatic carbocycles. The summed E-state index contributed by atoms with van der Waals surface area (Å²) in [6.07, 6.45) is 1.40. The monoisotopic (exact) mass is 640 g/mol. The van der Waals surface area contributed by atoms with Crippen molar-refractivity contribution >= 4 is 34.8 Å². The summed E-state index contributed by atoms with van der Waals surface area (Å²) in [5.41, 5.74) is 5.03. The number of rotatable bonds is 11. The van der Waals surface area contributed by atoms with Crippen molar-refractivity contribution in [2.75, 3.05) is 39.1 Å². The number of para-hydroxylation sites is 1. The second-order valence-corrected chi connectivity index (χ2v) is 10.6. The minimum absolute atomic E-state index is 0.00576. The molecule has 0 saturated heterocycles. The first kappa shape index (κ1) is 31.9. The first-order chi connectivity index (χ1) is 22.2. The molecule has 4 aromatic carbocycles. The molecule has 0 unspecified atom stereocenters. The molecule has 0 fully saturated rings. The number of benzene rings is 4. The molecule has 0 aliphatic heterocycles. The van der Waals surface area contributed by atoms with Gasteiger partial charge in [-0.05, 0) is 60.4 Å². The minimum Gasteiger partial charge on any atom is -0.493 e. The van der Waals surface area contributed by atoms with Crippen LogP contribution in [0.1, 0.15) is 21.5 Å². The van der Waals surface area contributed by atoms with Gasteiger partial charge in [0.05, 0.1) is 28.4 Å². The molecule has 0 atom stereocenters. The molecule has 0 radical (unpaired) electrons. The number of nitrogens with zero attached hydrogens (tertiary/aromatic N) is 2. The number of halogens is 1. The smallest absolute Gasteiger partial charge is 0.262 e. The summed E-state index contributed by atoms with van der Waals surface area (Å²) in [6.45, 7) is 3.85. The molecule has 0 spiro atoms. The lowest BCUT2D eigenvalue weighted by atomic mass is 10.1. The van der Waals surface area contributed by atoms with E-state index in [0.717, 1.165) is 22.3 Å². The molecule has 5 aromatic rings. The van der Waals surface area contributed by atoms with E-state index in [-0.39, 0.29) is 17.4 Å². The van der Waals surface area contributed by atoms with E-state index in [1.54, 1.807) is 25.3 Å². The van der Waals surface area contributed by atoms with Gasteiger partial charge in [-0.1, -0.05) is 48.0 Å². The van der Waals surface area contributed by atoms with Crippen LogP contribution in [-0.4, -0.2) is 44.3 Å². The van der Waals surface area contributed by atoms with Crippen LogP contribution in [0.3, 0.4) is 0 Å². The summed E-state index contributed by atoms with van der Waals surface area (Å²) < 4.78 is 28.4. The van der Waals surface area contributed by atoms with Crippen molar-refractivity contribution in [2.45, 2.75) is 13.8 Å². The van der Waals surface area contributed by atoms with Crippen molar-refractivity contribution in [2.24, 2.45) is 0 Å². The molecule has 1 aromatic heterocycles. The molecule has 1 heterocycles. The standard InChI is InChI=1S/C35H33ClN4O6/c1-20-8-7-9-21(2)31(20)39-33(41)26-19-37-35(38-25-17-29(43-4)32(45-6)30(18-25)44-5)40-34(26)46-27-15-12-23(16-28(27)42-3)22-10-13-24(36)14-11-22/h7-19H,1-6H3,(H,39,41)(H,37,38,40). The Morgan fingerprint density at radius 3 is 1.98 bits per heavy atom. The first-order valence-corrected chi connectivity index (χ1v) is 14.6. The molecule has 1 amide bonds. The summed E-state index contributed by atoms with van der Waals surface area (Å²) in [5, 5.41) is 6.77. The van der Waals surface area contributed by atoms with Crippen molar-refractivity contribution in [3.63, 3.8) is 0 Å². The molecule has 2 N–H and O–H groups in total. The highest BCUT2D eigenvalue weighted by Crippen LogP contribution is 2.41. The summed E-state index contributed by atoms with van der Waals surface area (Å²) in [6, 6.07) is 22.2. The van der Waals surface area contributed by atoms with Crippen LogP contribution in [0, 0.1) is 13.8 Å². The third kappa shape index (κ3) is 6.92. The van der Waals surface area contributed by atoms with Crippen LogP contribution in [-0.2, 0) is 0 Å². The maximum atomic E-state index is 13.7. The number of hydrogen-bond donors (Lipinski definition) is 2. The highest BCUT2D eigenvalue weighted by molar-refractivity contribution is 6.30. The van der Waals surface area contributed by atoms with E-state index in [1.807, 2.05) is 68.4 Å². The van der Waals surface area contributed by atoms with E-state index in [0.29, 0.717) is 45.1 Å². The average molecular weight is 641 g/mol. The van der Waals surface area contributed by atoms with E-state index in [1.165, 1.54) is 27.5 Å². The Bertz CT molecular complexity index is 1840. The molecule has 5 rings (SSSR count). The van der Waals surface area contributed by atoms with Gasteiger partial charge in [-0.25, -0.2) is 4.98 Å². The van der Waals surface area contributed by atoms with E-state index < -0.39 is 5.91 Å². The number of anilines is 3. The predicted molar refractivity (Wildman–Crippen MR) is 179 cm³/mol. The predicted octanol–water partition coefficient (Wildman–Crippen LogP) is 8.24. The third-order valence-corrected chi connectivity index (χ3v) is 7.44. The number of hydrogen-bond acceptors (Lipinski definition) is 9. The normalized spacial score (nSPS) is 10.6. The topological polar surface area (TPSA) is 113 Å². The minimum atomic E-state index is -0.441. The van der Waals surface area contributed by atoms with Crippen LogP contribution in [0.25, 0.3) is 11.1 Å². The second-order valence-electron chi connectivity index (χ2n) is 10.1. The highest BCUT2D eigenvalue weighted by Gasteiger charge is 2.21. The Labute approximate surface area is 272 Å². The number of aryl methyl sites for hydroxylation is 2. The fourth-order valence-electron chi connectivity index (χ4n) is 4.81. The van der Waals surface area contributed by atoms with Gasteiger partial charge >= 0.3 is 0 Å². The van der Waals surface area contributed by atoms with Gasteiger partial charge in [-0.3, -0.25) is 4.79 Å². The van der Waals surface area contributed by atoms with Crippen molar-refractivity contribution in [3.05, 3.63) is 101 Å². The van der Waals surface area contributed by atoms with E-state index in [9.17, 15) is 4.79 Å². The summed E-state index contributed by atoms with van der Waals surface area (Å²) >= 11 is 6.08. The third-order valence-electron chi connectivity index (χ3n) is 7.19. The van der Waals surface area contributed by atoms with Gasteiger partial charge in [0.2, 0.25) is 17.6 Å². The van der Waals surface area contributed by atoms with Crippen LogP contribution in [0.4, 0.5) is 17.3 Å². The zero-order valence-electron chi connectivity index (χ0n) is 26.2. The van der Waals surface area contributed by atoms with Gasteiger partial charge in [-0.2, -0.15) is 4.98 Å². The SMILES string of the molecule is COc1cc(-c2ccc(Cl)cc2)ccc1Oc1nc(Nc2cc(OC)c(OC)c(OC)c2)ncc1C(=O)Nc1c(C)cccc1C. The summed E-state index contributed by atoms with van der Waals surface area (Å²) in [5.74, 6) is 1.82. The largest absolute Gasteiger partial charge is 0.493 e. The van der Waals surface area contributed by atoms with Gasteiger partial charge < -0.3 is 34.3 Å². The molecule has 10 nitrogen and oxygen atoms in total. The van der Waals surface area contributed by atoms with Crippen LogP contribution >= 0.6 is 11.6 Å². The molecule has 46 heavy (non-hydrogen) atoms. The van der Waals surface area contributed by atoms with Crippen LogP contribution in [0.15, 0.2) is 79.0 Å². The number of methoxy groups -OCH3 is 4. The zero-order chi connectivity index (χ0) is 32.8.